The van der Waals surface area contributed by atoms with Crippen molar-refractivity contribution in [1.29, 1.82) is 0 Å². The Morgan fingerprint density at radius 2 is 2.20 bits per heavy atom. The van der Waals surface area contributed by atoms with E-state index < -0.39 is 0 Å². The number of aromatic nitrogens is 1. The van der Waals surface area contributed by atoms with E-state index in [1.807, 2.05) is 24.3 Å². The van der Waals surface area contributed by atoms with Gasteiger partial charge in [-0.05, 0) is 24.3 Å². The van der Waals surface area contributed by atoms with Crippen molar-refractivity contribution in [3.8, 4) is 0 Å². The Hall–Kier alpha value is -1.13. The zero-order valence-corrected chi connectivity index (χ0v) is 9.79. The van der Waals surface area contributed by atoms with Crippen molar-refractivity contribution >= 4 is 32.5 Å². The second-order valence-corrected chi connectivity index (χ2v) is 4.15. The van der Waals surface area contributed by atoms with Gasteiger partial charge >= 0.3 is 0 Å². The smallest absolute Gasteiger partial charge is 0.0733 e. The lowest BCUT2D eigenvalue weighted by atomic mass is 10.2. The molecule has 78 valence electrons. The quantitative estimate of drug-likeness (QED) is 0.896. The van der Waals surface area contributed by atoms with Crippen LogP contribution in [-0.2, 0) is 0 Å². The van der Waals surface area contributed by atoms with Gasteiger partial charge in [0.1, 0.15) is 0 Å². The van der Waals surface area contributed by atoms with Crippen LogP contribution in [-0.4, -0.2) is 18.1 Å². The molecular formula is C11H12BrN3. The Morgan fingerprint density at radius 1 is 1.33 bits per heavy atom. The minimum atomic E-state index is 0.625. The predicted molar refractivity (Wildman–Crippen MR) is 67.0 cm³/mol. The molecule has 0 aliphatic carbocycles. The number of pyridine rings is 1. The first-order valence-corrected chi connectivity index (χ1v) is 5.59. The summed E-state index contributed by atoms with van der Waals surface area (Å²) in [5.41, 5.74) is 7.52. The van der Waals surface area contributed by atoms with Crippen LogP contribution in [0.1, 0.15) is 0 Å². The van der Waals surface area contributed by atoms with Crippen molar-refractivity contribution in [3.05, 3.63) is 34.9 Å². The maximum absolute atomic E-state index is 5.46. The summed E-state index contributed by atoms with van der Waals surface area (Å²) in [5, 5.41) is 4.40. The highest BCUT2D eigenvalue weighted by Crippen LogP contribution is 2.24. The second-order valence-electron chi connectivity index (χ2n) is 3.24. The Morgan fingerprint density at radius 3 is 3.00 bits per heavy atom. The van der Waals surface area contributed by atoms with E-state index in [-0.39, 0.29) is 0 Å². The molecule has 2 aromatic rings. The molecule has 0 fully saturated rings. The van der Waals surface area contributed by atoms with Crippen molar-refractivity contribution in [3.63, 3.8) is 0 Å². The van der Waals surface area contributed by atoms with Gasteiger partial charge in [0.05, 0.1) is 5.52 Å². The van der Waals surface area contributed by atoms with Gasteiger partial charge in [-0.1, -0.05) is 15.9 Å². The van der Waals surface area contributed by atoms with Crippen molar-refractivity contribution in [2.45, 2.75) is 0 Å². The van der Waals surface area contributed by atoms with Gasteiger partial charge < -0.3 is 11.1 Å². The molecule has 0 saturated carbocycles. The summed E-state index contributed by atoms with van der Waals surface area (Å²) in [6, 6.07) is 8.03. The summed E-state index contributed by atoms with van der Waals surface area (Å²) in [6.45, 7) is 1.40. The molecule has 0 bridgehead atoms. The first kappa shape index (κ1) is 10.4. The second kappa shape index (κ2) is 4.59. The molecule has 1 heterocycles. The number of nitrogens with zero attached hydrogens (tertiary/aromatic N) is 1. The summed E-state index contributed by atoms with van der Waals surface area (Å²) in [6.07, 6.45) is 1.80. The van der Waals surface area contributed by atoms with Crippen LogP contribution >= 0.6 is 15.9 Å². The molecule has 15 heavy (non-hydrogen) atoms. The fraction of sp³-hybridized carbons (Fsp3) is 0.182. The number of hydrogen-bond donors (Lipinski definition) is 2. The Labute approximate surface area is 96.8 Å². The standard InChI is InChI=1S/C11H12BrN3/c12-8-1-2-9-10(15-6-4-13)3-5-14-11(9)7-8/h1-3,5,7H,4,6,13H2,(H,14,15). The average molecular weight is 266 g/mol. The van der Waals surface area contributed by atoms with E-state index in [1.54, 1.807) is 6.20 Å². The lowest BCUT2D eigenvalue weighted by molar-refractivity contribution is 1.03. The minimum absolute atomic E-state index is 0.625. The van der Waals surface area contributed by atoms with Crippen LogP contribution in [0.2, 0.25) is 0 Å². The van der Waals surface area contributed by atoms with E-state index in [0.717, 1.165) is 27.6 Å². The molecule has 3 N–H and O–H groups in total. The molecule has 0 unspecified atom stereocenters. The van der Waals surface area contributed by atoms with E-state index in [9.17, 15) is 0 Å². The zero-order valence-electron chi connectivity index (χ0n) is 8.20. The number of anilines is 1. The van der Waals surface area contributed by atoms with Crippen LogP contribution < -0.4 is 11.1 Å². The van der Waals surface area contributed by atoms with Crippen molar-refractivity contribution < 1.29 is 0 Å². The van der Waals surface area contributed by atoms with Gasteiger partial charge in [-0.25, -0.2) is 0 Å². The number of nitrogens with two attached hydrogens (primary N) is 1. The lowest BCUT2D eigenvalue weighted by Gasteiger charge is -2.08. The lowest BCUT2D eigenvalue weighted by Crippen LogP contribution is -2.13. The molecule has 1 aromatic carbocycles. The number of nitrogens with one attached hydrogen (secondary N) is 1. The Kier molecular flexibility index (Phi) is 3.18. The Balaban J connectivity index is 2.46. The first-order valence-electron chi connectivity index (χ1n) is 4.79. The van der Waals surface area contributed by atoms with Gasteiger partial charge in [-0.3, -0.25) is 4.98 Å². The average Bonchev–Trinajstić information content (AvgIpc) is 2.25. The van der Waals surface area contributed by atoms with Gasteiger partial charge in [-0.2, -0.15) is 0 Å². The molecule has 0 aliphatic heterocycles. The number of benzene rings is 1. The van der Waals surface area contributed by atoms with Crippen molar-refractivity contribution in [2.24, 2.45) is 5.73 Å². The third-order valence-electron chi connectivity index (χ3n) is 2.16. The highest BCUT2D eigenvalue weighted by atomic mass is 79.9. The van der Waals surface area contributed by atoms with E-state index in [1.165, 1.54) is 0 Å². The summed E-state index contributed by atoms with van der Waals surface area (Å²) < 4.78 is 1.04. The molecule has 0 amide bonds. The maximum Gasteiger partial charge on any atom is 0.0733 e. The van der Waals surface area contributed by atoms with E-state index in [4.69, 9.17) is 5.73 Å². The molecular weight excluding hydrogens is 254 g/mol. The normalized spacial score (nSPS) is 10.5. The topological polar surface area (TPSA) is 50.9 Å². The third kappa shape index (κ3) is 2.27. The SMILES string of the molecule is NCCNc1ccnc2cc(Br)ccc12. The van der Waals surface area contributed by atoms with Gasteiger partial charge in [-0.15, -0.1) is 0 Å². The highest BCUT2D eigenvalue weighted by molar-refractivity contribution is 9.10. The highest BCUT2D eigenvalue weighted by Gasteiger charge is 2.00. The van der Waals surface area contributed by atoms with Gasteiger partial charge in [0.25, 0.3) is 0 Å². The van der Waals surface area contributed by atoms with Gasteiger partial charge in [0, 0.05) is 34.8 Å². The summed E-state index contributed by atoms with van der Waals surface area (Å²) in [7, 11) is 0. The first-order chi connectivity index (χ1) is 7.31. The van der Waals surface area contributed by atoms with E-state index in [0.29, 0.717) is 6.54 Å². The zero-order chi connectivity index (χ0) is 10.7. The van der Waals surface area contributed by atoms with Crippen molar-refractivity contribution in [1.82, 2.24) is 4.98 Å². The Bertz CT molecular complexity index is 470. The van der Waals surface area contributed by atoms with Crippen LogP contribution in [0.3, 0.4) is 0 Å². The fourth-order valence-electron chi connectivity index (χ4n) is 1.48. The fourth-order valence-corrected chi connectivity index (χ4v) is 1.83. The molecule has 0 atom stereocenters. The molecule has 0 spiro atoms. The molecule has 3 nitrogen and oxygen atoms in total. The van der Waals surface area contributed by atoms with Crippen molar-refractivity contribution in [2.75, 3.05) is 18.4 Å². The summed E-state index contributed by atoms with van der Waals surface area (Å²) >= 11 is 3.43. The molecule has 4 heteroatoms. The largest absolute Gasteiger partial charge is 0.383 e. The summed E-state index contributed by atoms with van der Waals surface area (Å²) in [4.78, 5) is 4.31. The third-order valence-corrected chi connectivity index (χ3v) is 2.66. The van der Waals surface area contributed by atoms with Crippen LogP contribution in [0.15, 0.2) is 34.9 Å². The maximum atomic E-state index is 5.46. The molecule has 0 radical (unpaired) electrons. The van der Waals surface area contributed by atoms with Crippen LogP contribution in [0.5, 0.6) is 0 Å². The predicted octanol–water partition coefficient (Wildman–Crippen LogP) is 2.37. The van der Waals surface area contributed by atoms with E-state index in [2.05, 4.69) is 26.2 Å². The van der Waals surface area contributed by atoms with Crippen LogP contribution in [0.4, 0.5) is 5.69 Å². The molecule has 2 rings (SSSR count). The molecule has 1 aromatic heterocycles. The number of halogens is 1. The monoisotopic (exact) mass is 265 g/mol. The molecule has 0 aliphatic rings. The molecule has 0 saturated heterocycles. The minimum Gasteiger partial charge on any atom is -0.383 e. The number of rotatable bonds is 3. The van der Waals surface area contributed by atoms with Gasteiger partial charge in [0.2, 0.25) is 0 Å². The van der Waals surface area contributed by atoms with E-state index >= 15 is 0 Å². The number of hydrogen-bond acceptors (Lipinski definition) is 3. The van der Waals surface area contributed by atoms with Gasteiger partial charge in [0.15, 0.2) is 0 Å². The van der Waals surface area contributed by atoms with Crippen LogP contribution in [0.25, 0.3) is 10.9 Å². The van der Waals surface area contributed by atoms with Crippen LogP contribution in [0, 0.1) is 0 Å². The summed E-state index contributed by atoms with van der Waals surface area (Å²) in [5.74, 6) is 0. The number of fused-ring (bicyclic) bond motifs is 1.